The fourth-order valence-electron chi connectivity index (χ4n) is 12.7. The van der Waals surface area contributed by atoms with Gasteiger partial charge >= 0.3 is 29.9 Å². The Hall–Kier alpha value is -9.99. The normalized spacial score (nSPS) is 14.4. The predicted octanol–water partition coefficient (Wildman–Crippen LogP) is 4.60. The molecule has 113 heavy (non-hydrogen) atoms. The minimum atomic E-state index is -1.35. The highest BCUT2D eigenvalue weighted by molar-refractivity contribution is 5.93. The van der Waals surface area contributed by atoms with Crippen LogP contribution in [0.1, 0.15) is 191 Å². The van der Waals surface area contributed by atoms with Gasteiger partial charge in [-0.1, -0.05) is 145 Å². The summed E-state index contributed by atoms with van der Waals surface area (Å²) in [5, 5.41) is 73.7. The minimum Gasteiger partial charge on any atom is -0.508 e. The number of nitrogens with zero attached hydrogens (tertiary/aromatic N) is 5. The molecule has 0 radical (unpaired) electrons. The zero-order valence-electron chi connectivity index (χ0n) is 66.1. The van der Waals surface area contributed by atoms with Gasteiger partial charge < -0.3 is 83.9 Å². The molecule has 0 saturated carbocycles. The summed E-state index contributed by atoms with van der Waals surface area (Å²) in [6.45, 7) is 5.72. The Bertz CT molecular complexity index is 3380. The quantitative estimate of drug-likeness (QED) is 0.0209. The zero-order valence-corrected chi connectivity index (χ0v) is 66.1. The van der Waals surface area contributed by atoms with Gasteiger partial charge in [0.15, 0.2) is 5.96 Å². The maximum atomic E-state index is 14.7. The lowest BCUT2D eigenvalue weighted by Gasteiger charge is -2.32. The predicted molar refractivity (Wildman–Crippen MR) is 426 cm³/mol. The summed E-state index contributed by atoms with van der Waals surface area (Å²) in [6, 6.07) is 18.0. The number of urea groups is 1. The van der Waals surface area contributed by atoms with Crippen molar-refractivity contribution in [2.24, 2.45) is 10.7 Å². The van der Waals surface area contributed by atoms with E-state index in [9.17, 15) is 83.1 Å². The molecule has 0 bridgehead atoms. The number of carboxylic acid groups (broad SMARTS) is 4. The second kappa shape index (κ2) is 57.1. The van der Waals surface area contributed by atoms with E-state index in [1.54, 1.807) is 87.2 Å². The number of guanidine groups is 1. The fraction of sp³-hybridized carbons (Fsp3) is 0.613. The number of carbonyl (C=O) groups excluding carboxylic acids is 8. The number of carboxylic acids is 4. The van der Waals surface area contributed by atoms with Gasteiger partial charge in [-0.15, -0.1) is 0 Å². The average Bonchev–Trinajstić information content (AvgIpc) is 0.815. The van der Waals surface area contributed by atoms with Crippen LogP contribution in [-0.4, -0.2) is 258 Å². The molecule has 628 valence electrons. The number of nitrogens with two attached hydrogens (primary N) is 1. The number of hydrogen-bond donors (Lipinski definition) is 15. The molecule has 33 nitrogen and oxygen atoms in total. The number of aliphatic carboxylic acids is 4. The van der Waals surface area contributed by atoms with Gasteiger partial charge in [0, 0.05) is 111 Å². The summed E-state index contributed by atoms with van der Waals surface area (Å²) < 4.78 is 6.21. The Balaban J connectivity index is 1.40. The van der Waals surface area contributed by atoms with Gasteiger partial charge in [-0.25, -0.2) is 9.59 Å². The number of phenols is 1. The van der Waals surface area contributed by atoms with E-state index in [4.69, 9.17) is 10.5 Å². The summed E-state index contributed by atoms with van der Waals surface area (Å²) >= 11 is 0. The van der Waals surface area contributed by atoms with Crippen molar-refractivity contribution in [3.05, 3.63) is 95.6 Å². The lowest BCUT2D eigenvalue weighted by Crippen LogP contribution is -2.49. The van der Waals surface area contributed by atoms with E-state index < -0.39 is 83.5 Å². The van der Waals surface area contributed by atoms with Crippen molar-refractivity contribution in [1.29, 1.82) is 0 Å². The molecule has 1 aliphatic rings. The Morgan fingerprint density at radius 2 is 0.920 bits per heavy atom. The molecular formula is C80H125N15O18. The van der Waals surface area contributed by atoms with E-state index >= 15 is 0 Å². The summed E-state index contributed by atoms with van der Waals surface area (Å²) in [5.74, 6) is -8.25. The summed E-state index contributed by atoms with van der Waals surface area (Å²) in [7, 11) is 0. The molecule has 4 rings (SSSR count). The third kappa shape index (κ3) is 44.2. The fourth-order valence-corrected chi connectivity index (χ4v) is 12.7. The lowest BCUT2D eigenvalue weighted by molar-refractivity contribution is -0.142. The molecule has 1 heterocycles. The molecule has 0 spiro atoms. The van der Waals surface area contributed by atoms with Crippen LogP contribution in [0.4, 0.5) is 4.79 Å². The third-order valence-corrected chi connectivity index (χ3v) is 19.1. The van der Waals surface area contributed by atoms with Crippen LogP contribution in [0.3, 0.4) is 0 Å². The highest BCUT2D eigenvalue weighted by Gasteiger charge is 2.30. The largest absolute Gasteiger partial charge is 0.508 e. The van der Waals surface area contributed by atoms with Crippen LogP contribution in [0.25, 0.3) is 0 Å². The monoisotopic (exact) mass is 1580 g/mol. The van der Waals surface area contributed by atoms with Crippen molar-refractivity contribution >= 4 is 77.2 Å². The van der Waals surface area contributed by atoms with Crippen LogP contribution in [0, 0.1) is 0 Å². The lowest BCUT2D eigenvalue weighted by atomic mass is 9.90. The zero-order chi connectivity index (χ0) is 82.4. The number of unbranched alkanes of at least 4 members (excludes halogenated alkanes) is 14. The number of carbonyl (C=O) groups is 12. The Morgan fingerprint density at radius 1 is 0.434 bits per heavy atom. The summed E-state index contributed by atoms with van der Waals surface area (Å²) in [5.41, 5.74) is 7.85. The van der Waals surface area contributed by atoms with Gasteiger partial charge in [0.1, 0.15) is 29.6 Å². The number of phenolic OH excluding ortho intramolecular Hbond substituents is 1. The molecular weight excluding hydrogens is 1460 g/mol. The van der Waals surface area contributed by atoms with Crippen LogP contribution >= 0.6 is 0 Å². The van der Waals surface area contributed by atoms with E-state index in [1.165, 1.54) is 63.5 Å². The Morgan fingerprint density at radius 3 is 1.50 bits per heavy atom. The first kappa shape index (κ1) is 95.4. The van der Waals surface area contributed by atoms with E-state index in [1.807, 2.05) is 6.07 Å². The van der Waals surface area contributed by atoms with Crippen molar-refractivity contribution in [3.63, 3.8) is 0 Å². The molecule has 1 fully saturated rings. The first-order chi connectivity index (χ1) is 54.4. The molecule has 1 aliphatic heterocycles. The number of aliphatic imine (C=N–C) groups is 1. The van der Waals surface area contributed by atoms with Crippen molar-refractivity contribution in [2.75, 3.05) is 118 Å². The number of amides is 9. The molecule has 33 heteroatoms. The van der Waals surface area contributed by atoms with E-state index in [0.717, 1.165) is 25.7 Å². The average molecular weight is 1580 g/mol. The molecule has 3 aromatic rings. The highest BCUT2D eigenvalue weighted by Crippen LogP contribution is 2.29. The number of hydrogen-bond acceptors (Lipinski definition) is 18. The van der Waals surface area contributed by atoms with Gasteiger partial charge in [-0.05, 0) is 98.7 Å². The Labute approximate surface area is 663 Å². The minimum absolute atomic E-state index is 0.0519. The second-order valence-corrected chi connectivity index (χ2v) is 28.5. The molecule has 1 saturated heterocycles. The van der Waals surface area contributed by atoms with Gasteiger partial charge in [-0.3, -0.25) is 67.5 Å². The number of rotatable bonds is 55. The SMILES string of the molecule is CCCCCCCCCCCCCCCC(=O)N[C@@H](CCC(=O)N[C@@H](CCCCNC(=O)CN1CCN(CC(=O)O)CCN(CC(=O)O)CCN(CC(=O)O)CC1)C(=O)NCCCCOc1cccc(C(C(=O)N[C@H](CCCN/C(N)=N\C(=O)NCCNC(=O)CC)C(=O)NCc2ccc(O)cc2)c2ccccc2)c1)C(=O)O. The first-order valence-electron chi connectivity index (χ1n) is 40.1. The molecule has 4 atom stereocenters. The van der Waals surface area contributed by atoms with Crippen LogP contribution in [0.2, 0.25) is 0 Å². The van der Waals surface area contributed by atoms with E-state index in [0.29, 0.717) is 61.0 Å². The number of benzene rings is 3. The van der Waals surface area contributed by atoms with Crippen molar-refractivity contribution in [3.8, 4) is 11.5 Å². The van der Waals surface area contributed by atoms with Crippen molar-refractivity contribution in [1.82, 2.24) is 67.5 Å². The topological polar surface area (TPSA) is 475 Å². The summed E-state index contributed by atoms with van der Waals surface area (Å²) in [4.78, 5) is 165. The molecule has 9 amide bonds. The van der Waals surface area contributed by atoms with Gasteiger partial charge in [0.25, 0.3) is 0 Å². The maximum Gasteiger partial charge on any atom is 0.344 e. The molecule has 0 aliphatic carbocycles. The molecule has 0 aromatic heterocycles. The van der Waals surface area contributed by atoms with Crippen LogP contribution in [0.15, 0.2) is 83.9 Å². The van der Waals surface area contributed by atoms with Crippen molar-refractivity contribution < 1.29 is 87.8 Å². The maximum absolute atomic E-state index is 14.7. The van der Waals surface area contributed by atoms with E-state index in [-0.39, 0.29) is 186 Å². The van der Waals surface area contributed by atoms with Gasteiger partial charge in [0.2, 0.25) is 41.4 Å². The van der Waals surface area contributed by atoms with Crippen LogP contribution in [-0.2, 0) is 59.3 Å². The third-order valence-electron chi connectivity index (χ3n) is 19.1. The first-order valence-corrected chi connectivity index (χ1v) is 40.1. The van der Waals surface area contributed by atoms with Crippen molar-refractivity contribution in [2.45, 2.75) is 199 Å². The standard InChI is InChI=1S/C80H125N15O18/c1-3-5-6-7-8-9-10-11-12-13-14-15-19-32-68(98)89-66(78(110)111)37-38-69(99)88-64(30-20-21-39-82-70(100)55-92-44-46-93(56-71(101)102)48-50-95(58-73(105)106)51-49-94(47-45-92)57-72(103)104)75(107)84-40-22-23-52-113-63-29-24-28-61(53-63)74(60-26-17-16-18-27-60)77(109)90-65(76(108)87-54-59-33-35-62(96)36-34-59)31-25-41-85-79(81)91-80(112)86-43-42-83-67(97)4-2/h16-18,24,26-29,33-36,53,64-66,74,96H,3-15,19-23,25,30-32,37-52,54-58H2,1-2H3,(H,82,100)(H,83,97)(H,84,107)(H,87,108)(H,88,99)(H,89,98)(H,90,109)(H,101,102)(H,103,104)(H,105,106)(H,110,111)(H4,81,85,86,91,112)/t64-,65+,66-,74?/m0/s1. The van der Waals surface area contributed by atoms with Crippen LogP contribution in [0.5, 0.6) is 11.5 Å². The van der Waals surface area contributed by atoms with Gasteiger partial charge in [0.05, 0.1) is 38.7 Å². The summed E-state index contributed by atoms with van der Waals surface area (Å²) in [6.07, 6.45) is 16.7. The molecule has 3 aromatic carbocycles. The van der Waals surface area contributed by atoms with Crippen LogP contribution < -0.4 is 58.3 Å². The second-order valence-electron chi connectivity index (χ2n) is 28.5. The molecule has 16 N–H and O–H groups in total. The number of nitrogens with one attached hydrogen (secondary N) is 9. The molecule has 1 unspecified atom stereocenters. The number of ether oxygens (including phenoxy) is 1. The highest BCUT2D eigenvalue weighted by atomic mass is 16.5. The Kier molecular flexibility index (Phi) is 48.2. The van der Waals surface area contributed by atoms with E-state index in [2.05, 4.69) is 59.8 Å². The smallest absolute Gasteiger partial charge is 0.344 e. The number of aromatic hydroxyl groups is 1. The van der Waals surface area contributed by atoms with Gasteiger partial charge in [-0.2, -0.15) is 4.99 Å².